The second-order valence-electron chi connectivity index (χ2n) is 21.3. The average Bonchev–Trinajstić information content (AvgIpc) is 3.36. The molecule has 0 saturated heterocycles. The van der Waals surface area contributed by atoms with E-state index in [-0.39, 0.29) is 31.1 Å². The summed E-state index contributed by atoms with van der Waals surface area (Å²) in [6, 6.07) is 0. The molecule has 1 unspecified atom stereocenters. The molecule has 6 heteroatoms. The van der Waals surface area contributed by atoms with Gasteiger partial charge in [0, 0.05) is 19.3 Å². The summed E-state index contributed by atoms with van der Waals surface area (Å²) in [6.07, 6.45) is 70.8. The van der Waals surface area contributed by atoms with Crippen LogP contribution in [0.3, 0.4) is 0 Å². The van der Waals surface area contributed by atoms with Crippen LogP contribution in [0.15, 0.2) is 24.3 Å². The van der Waals surface area contributed by atoms with Crippen molar-refractivity contribution in [1.29, 1.82) is 0 Å². The minimum absolute atomic E-state index is 0.0696. The van der Waals surface area contributed by atoms with Gasteiger partial charge in [0.1, 0.15) is 13.2 Å². The quantitative estimate of drug-likeness (QED) is 0.0261. The number of ether oxygens (including phenoxy) is 3. The Hall–Kier alpha value is -2.11. The highest BCUT2D eigenvalue weighted by Crippen LogP contribution is 2.17. The van der Waals surface area contributed by atoms with E-state index in [2.05, 4.69) is 45.1 Å². The molecule has 1 atom stereocenters. The van der Waals surface area contributed by atoms with Crippen molar-refractivity contribution >= 4 is 17.9 Å². The molecule has 412 valence electrons. The van der Waals surface area contributed by atoms with Crippen LogP contribution in [0, 0.1) is 0 Å². The summed E-state index contributed by atoms with van der Waals surface area (Å²) < 4.78 is 16.8. The van der Waals surface area contributed by atoms with Gasteiger partial charge in [0.2, 0.25) is 0 Å². The second-order valence-corrected chi connectivity index (χ2v) is 21.3. The predicted octanol–water partition coefficient (Wildman–Crippen LogP) is 21.1. The topological polar surface area (TPSA) is 78.9 Å². The van der Waals surface area contributed by atoms with Gasteiger partial charge in [-0.3, -0.25) is 14.4 Å². The molecular formula is C64H120O6. The van der Waals surface area contributed by atoms with Gasteiger partial charge in [-0.05, 0) is 70.6 Å². The Bertz CT molecular complexity index is 1130. The van der Waals surface area contributed by atoms with Crippen LogP contribution in [0.1, 0.15) is 348 Å². The maximum Gasteiger partial charge on any atom is 0.306 e. The molecule has 0 aromatic carbocycles. The number of carbonyl (C=O) groups is 3. The molecule has 0 spiro atoms. The van der Waals surface area contributed by atoms with E-state index in [1.165, 1.54) is 244 Å². The zero-order valence-electron chi connectivity index (χ0n) is 47.3. The van der Waals surface area contributed by atoms with Crippen molar-refractivity contribution in [2.24, 2.45) is 0 Å². The normalized spacial score (nSPS) is 12.1. The Morgan fingerprint density at radius 1 is 0.271 bits per heavy atom. The first kappa shape index (κ1) is 67.9. The van der Waals surface area contributed by atoms with Crippen LogP contribution in [0.4, 0.5) is 0 Å². The number of hydrogen-bond donors (Lipinski definition) is 0. The van der Waals surface area contributed by atoms with Crippen molar-refractivity contribution in [2.75, 3.05) is 13.2 Å². The molecular weight excluding hydrogens is 865 g/mol. The maximum atomic E-state index is 12.8. The zero-order valence-corrected chi connectivity index (χ0v) is 47.3. The van der Waals surface area contributed by atoms with Gasteiger partial charge in [-0.2, -0.15) is 0 Å². The minimum atomic E-state index is -0.769. The molecule has 0 aromatic rings. The molecule has 0 fully saturated rings. The van der Waals surface area contributed by atoms with Crippen LogP contribution in [-0.4, -0.2) is 37.2 Å². The van der Waals surface area contributed by atoms with Gasteiger partial charge >= 0.3 is 17.9 Å². The summed E-state index contributed by atoms with van der Waals surface area (Å²) in [7, 11) is 0. The molecule has 0 radical (unpaired) electrons. The highest BCUT2D eigenvalue weighted by molar-refractivity contribution is 5.71. The van der Waals surface area contributed by atoms with Crippen molar-refractivity contribution in [3.8, 4) is 0 Å². The Kier molecular flexibility index (Phi) is 57.7. The first-order valence-electron chi connectivity index (χ1n) is 31.3. The highest BCUT2D eigenvalue weighted by atomic mass is 16.6. The van der Waals surface area contributed by atoms with Gasteiger partial charge in [-0.15, -0.1) is 0 Å². The van der Waals surface area contributed by atoms with Gasteiger partial charge in [-0.1, -0.05) is 283 Å². The van der Waals surface area contributed by atoms with Gasteiger partial charge in [0.05, 0.1) is 0 Å². The van der Waals surface area contributed by atoms with E-state index in [0.29, 0.717) is 19.3 Å². The molecule has 0 amide bonds. The summed E-state index contributed by atoms with van der Waals surface area (Å²) in [6.45, 7) is 6.63. The Labute approximate surface area is 436 Å². The molecule has 0 N–H and O–H groups in total. The third-order valence-corrected chi connectivity index (χ3v) is 14.2. The average molecular weight is 986 g/mol. The lowest BCUT2D eigenvalue weighted by molar-refractivity contribution is -0.167. The second kappa shape index (κ2) is 59.5. The Morgan fingerprint density at radius 2 is 0.471 bits per heavy atom. The van der Waals surface area contributed by atoms with Crippen molar-refractivity contribution < 1.29 is 28.6 Å². The molecule has 0 aliphatic carbocycles. The van der Waals surface area contributed by atoms with Crippen molar-refractivity contribution in [1.82, 2.24) is 0 Å². The van der Waals surface area contributed by atoms with E-state index >= 15 is 0 Å². The summed E-state index contributed by atoms with van der Waals surface area (Å²) in [5, 5.41) is 0. The van der Waals surface area contributed by atoms with E-state index in [4.69, 9.17) is 14.2 Å². The fraction of sp³-hybridized carbons (Fsp3) is 0.891. The van der Waals surface area contributed by atoms with Crippen LogP contribution in [-0.2, 0) is 28.6 Å². The molecule has 0 aromatic heterocycles. The van der Waals surface area contributed by atoms with E-state index < -0.39 is 6.10 Å². The molecule has 0 saturated carbocycles. The number of unbranched alkanes of at least 4 members (excludes halogenated alkanes) is 43. The first-order valence-corrected chi connectivity index (χ1v) is 31.3. The van der Waals surface area contributed by atoms with Crippen molar-refractivity contribution in [3.63, 3.8) is 0 Å². The van der Waals surface area contributed by atoms with E-state index in [9.17, 15) is 14.4 Å². The standard InChI is InChI=1S/C64H120O6/c1-4-7-10-13-16-19-21-23-24-25-26-27-28-29-30-31-32-33-34-35-36-37-38-39-40-42-43-45-48-51-54-57-63(66)69-60-61(59-68-62(65)56-53-50-47-18-15-12-9-6-3)70-64(67)58-55-52-49-46-44-41-22-20-17-14-11-8-5-2/h20,22,25-26,61H,4-19,21,23-24,27-60H2,1-3H3/b22-20-,26-25-. The lowest BCUT2D eigenvalue weighted by atomic mass is 10.0. The lowest BCUT2D eigenvalue weighted by Crippen LogP contribution is -2.30. The highest BCUT2D eigenvalue weighted by Gasteiger charge is 2.19. The van der Waals surface area contributed by atoms with Crippen molar-refractivity contribution in [2.45, 2.75) is 354 Å². The Balaban J connectivity index is 3.98. The fourth-order valence-electron chi connectivity index (χ4n) is 9.44. The zero-order chi connectivity index (χ0) is 50.7. The molecule has 70 heavy (non-hydrogen) atoms. The molecule has 6 nitrogen and oxygen atoms in total. The number of allylic oxidation sites excluding steroid dienone is 4. The van der Waals surface area contributed by atoms with Crippen LogP contribution >= 0.6 is 0 Å². The monoisotopic (exact) mass is 985 g/mol. The largest absolute Gasteiger partial charge is 0.462 e. The maximum absolute atomic E-state index is 12.8. The van der Waals surface area contributed by atoms with E-state index in [1.807, 2.05) is 0 Å². The number of carbonyl (C=O) groups excluding carboxylic acids is 3. The Morgan fingerprint density at radius 3 is 0.729 bits per heavy atom. The third-order valence-electron chi connectivity index (χ3n) is 14.2. The molecule has 0 aliphatic rings. The van der Waals surface area contributed by atoms with Crippen LogP contribution in [0.2, 0.25) is 0 Å². The smallest absolute Gasteiger partial charge is 0.306 e. The first-order chi connectivity index (χ1) is 34.5. The molecule has 0 bridgehead atoms. The summed E-state index contributed by atoms with van der Waals surface area (Å²) in [5.74, 6) is -0.864. The van der Waals surface area contributed by atoms with Gasteiger partial charge in [0.15, 0.2) is 6.10 Å². The predicted molar refractivity (Wildman–Crippen MR) is 303 cm³/mol. The van der Waals surface area contributed by atoms with Crippen LogP contribution < -0.4 is 0 Å². The van der Waals surface area contributed by atoms with Crippen LogP contribution in [0.25, 0.3) is 0 Å². The summed E-state index contributed by atoms with van der Waals surface area (Å²) in [5.41, 5.74) is 0. The van der Waals surface area contributed by atoms with Gasteiger partial charge in [-0.25, -0.2) is 0 Å². The van der Waals surface area contributed by atoms with Gasteiger partial charge in [0.25, 0.3) is 0 Å². The van der Waals surface area contributed by atoms with E-state index in [1.54, 1.807) is 0 Å². The summed E-state index contributed by atoms with van der Waals surface area (Å²) >= 11 is 0. The minimum Gasteiger partial charge on any atom is -0.462 e. The number of esters is 3. The van der Waals surface area contributed by atoms with Crippen LogP contribution in [0.5, 0.6) is 0 Å². The lowest BCUT2D eigenvalue weighted by Gasteiger charge is -2.18. The molecule has 0 heterocycles. The molecule has 0 rings (SSSR count). The summed E-state index contributed by atoms with van der Waals surface area (Å²) in [4.78, 5) is 38.0. The number of rotatable bonds is 58. The SMILES string of the molecule is CCCCCC/C=C\CCCCCCCC(=O)OC(COC(=O)CCCCCCCCCC)COC(=O)CCCCCCCCCCCCCCCCCCCCC/C=C\CCCCCCCCCC. The fourth-order valence-corrected chi connectivity index (χ4v) is 9.44. The third kappa shape index (κ3) is 56.8. The van der Waals surface area contributed by atoms with Gasteiger partial charge < -0.3 is 14.2 Å². The van der Waals surface area contributed by atoms with Crippen molar-refractivity contribution in [3.05, 3.63) is 24.3 Å². The van der Waals surface area contributed by atoms with E-state index in [0.717, 1.165) is 64.2 Å². The number of hydrogen-bond acceptors (Lipinski definition) is 6. The molecule has 0 aliphatic heterocycles.